The molecule has 2 amide bonds. The molecule has 0 fully saturated rings. The molecule has 0 spiro atoms. The quantitative estimate of drug-likeness (QED) is 0.912. The minimum atomic E-state index is -0.253. The largest absolute Gasteiger partial charge is 0.337 e. The number of amides is 2. The number of nitrogens with zero attached hydrogens (tertiary/aromatic N) is 1. The van der Waals surface area contributed by atoms with E-state index in [2.05, 4.69) is 17.4 Å². The van der Waals surface area contributed by atoms with E-state index in [9.17, 15) is 9.18 Å². The lowest BCUT2D eigenvalue weighted by Crippen LogP contribution is -2.46. The van der Waals surface area contributed by atoms with E-state index in [-0.39, 0.29) is 17.3 Å². The maximum atomic E-state index is 13.1. The molecule has 0 atom stereocenters. The zero-order valence-corrected chi connectivity index (χ0v) is 14.2. The molecule has 1 aliphatic rings. The van der Waals surface area contributed by atoms with Crippen LogP contribution in [-0.2, 0) is 18.4 Å². The van der Waals surface area contributed by atoms with Crippen LogP contribution in [0.25, 0.3) is 0 Å². The maximum Gasteiger partial charge on any atom is 0.317 e. The summed E-state index contributed by atoms with van der Waals surface area (Å²) in [5.41, 5.74) is 3.30. The maximum absolute atomic E-state index is 13.1. The first-order valence-electron chi connectivity index (χ1n) is 8.31. The van der Waals surface area contributed by atoms with E-state index in [4.69, 9.17) is 0 Å². The van der Waals surface area contributed by atoms with Gasteiger partial charge in [-0.2, -0.15) is 0 Å². The van der Waals surface area contributed by atoms with Crippen LogP contribution in [0.4, 0.5) is 9.18 Å². The van der Waals surface area contributed by atoms with Gasteiger partial charge < -0.3 is 10.2 Å². The zero-order chi connectivity index (χ0) is 17.2. The van der Waals surface area contributed by atoms with Gasteiger partial charge in [0.05, 0.1) is 0 Å². The predicted molar refractivity (Wildman–Crippen MR) is 93.4 cm³/mol. The number of carbonyl (C=O) groups is 1. The molecule has 0 aromatic heterocycles. The number of hydrogen-bond acceptors (Lipinski definition) is 1. The monoisotopic (exact) mass is 326 g/mol. The molecule has 1 heterocycles. The van der Waals surface area contributed by atoms with E-state index in [1.54, 1.807) is 12.1 Å². The average Bonchev–Trinajstić information content (AvgIpc) is 2.59. The Bertz CT molecular complexity index is 725. The van der Waals surface area contributed by atoms with Crippen LogP contribution in [0.1, 0.15) is 30.5 Å². The summed E-state index contributed by atoms with van der Waals surface area (Å²) < 4.78 is 13.1. The van der Waals surface area contributed by atoms with Gasteiger partial charge in [0.25, 0.3) is 0 Å². The normalized spacial score (nSPS) is 14.2. The first kappa shape index (κ1) is 16.5. The van der Waals surface area contributed by atoms with Crippen molar-refractivity contribution >= 4 is 6.03 Å². The van der Waals surface area contributed by atoms with E-state index in [1.807, 2.05) is 30.9 Å². The summed E-state index contributed by atoms with van der Waals surface area (Å²) in [5.74, 6) is -0.245. The number of fused-ring (bicyclic) bond motifs is 1. The molecule has 1 aliphatic heterocycles. The van der Waals surface area contributed by atoms with Crippen LogP contribution in [-0.4, -0.2) is 24.0 Å². The number of halogens is 1. The van der Waals surface area contributed by atoms with Crippen molar-refractivity contribution in [1.29, 1.82) is 0 Å². The zero-order valence-electron chi connectivity index (χ0n) is 14.2. The Morgan fingerprint density at radius 1 is 1.12 bits per heavy atom. The summed E-state index contributed by atoms with van der Waals surface area (Å²) in [6, 6.07) is 14.7. The molecular formula is C20H23FN2O. The lowest BCUT2D eigenvalue weighted by molar-refractivity contribution is 0.190. The van der Waals surface area contributed by atoms with Crippen molar-refractivity contribution < 1.29 is 9.18 Å². The highest BCUT2D eigenvalue weighted by atomic mass is 19.1. The molecule has 4 heteroatoms. The van der Waals surface area contributed by atoms with E-state index in [0.29, 0.717) is 13.1 Å². The van der Waals surface area contributed by atoms with Gasteiger partial charge >= 0.3 is 6.03 Å². The third-order valence-corrected chi connectivity index (χ3v) is 4.73. The molecular weight excluding hydrogens is 303 g/mol. The van der Waals surface area contributed by atoms with Gasteiger partial charge in [-0.15, -0.1) is 0 Å². The minimum Gasteiger partial charge on any atom is -0.337 e. The van der Waals surface area contributed by atoms with Gasteiger partial charge in [0.1, 0.15) is 5.82 Å². The Hall–Kier alpha value is -2.36. The predicted octanol–water partition coefficient (Wildman–Crippen LogP) is 3.87. The lowest BCUT2D eigenvalue weighted by atomic mass is 9.84. The van der Waals surface area contributed by atoms with Crippen molar-refractivity contribution in [3.05, 3.63) is 71.0 Å². The molecule has 2 aromatic carbocycles. The van der Waals surface area contributed by atoms with Crippen molar-refractivity contribution in [3.8, 4) is 0 Å². The number of urea groups is 1. The number of carbonyl (C=O) groups excluding carboxylic acids is 1. The van der Waals surface area contributed by atoms with Crippen LogP contribution in [0.5, 0.6) is 0 Å². The third kappa shape index (κ3) is 3.58. The van der Waals surface area contributed by atoms with Crippen LogP contribution in [0.3, 0.4) is 0 Å². The highest BCUT2D eigenvalue weighted by Gasteiger charge is 2.24. The van der Waals surface area contributed by atoms with Gasteiger partial charge in [-0.05, 0) is 35.2 Å². The Morgan fingerprint density at radius 2 is 1.79 bits per heavy atom. The Morgan fingerprint density at radius 3 is 2.50 bits per heavy atom. The van der Waals surface area contributed by atoms with Crippen molar-refractivity contribution in [3.63, 3.8) is 0 Å². The Kier molecular flexibility index (Phi) is 4.56. The molecule has 126 valence electrons. The molecule has 2 aromatic rings. The number of nitrogens with one attached hydrogen (secondary N) is 1. The highest BCUT2D eigenvalue weighted by molar-refractivity contribution is 5.74. The molecule has 0 saturated heterocycles. The van der Waals surface area contributed by atoms with Crippen LogP contribution in [0, 0.1) is 5.82 Å². The van der Waals surface area contributed by atoms with Crippen molar-refractivity contribution in [2.24, 2.45) is 0 Å². The second kappa shape index (κ2) is 6.63. The van der Waals surface area contributed by atoms with Gasteiger partial charge in [-0.25, -0.2) is 9.18 Å². The standard InChI is InChI=1S/C20H23FN2O/c1-20(2,17-7-9-18(21)10-8-17)14-22-19(24)23-12-11-15-5-3-4-6-16(15)13-23/h3-10H,11-14H2,1-2H3,(H,22,24). The summed E-state index contributed by atoms with van der Waals surface area (Å²) in [4.78, 5) is 14.3. The van der Waals surface area contributed by atoms with Gasteiger partial charge in [0.15, 0.2) is 0 Å². The van der Waals surface area contributed by atoms with Gasteiger partial charge in [0, 0.05) is 25.0 Å². The summed E-state index contributed by atoms with van der Waals surface area (Å²) in [7, 11) is 0. The van der Waals surface area contributed by atoms with Crippen molar-refractivity contribution in [1.82, 2.24) is 10.2 Å². The number of hydrogen-bond donors (Lipinski definition) is 1. The molecule has 1 N–H and O–H groups in total. The third-order valence-electron chi connectivity index (χ3n) is 4.73. The van der Waals surface area contributed by atoms with Crippen LogP contribution in [0.15, 0.2) is 48.5 Å². The van der Waals surface area contributed by atoms with E-state index >= 15 is 0 Å². The SMILES string of the molecule is CC(C)(CNC(=O)N1CCc2ccccc2C1)c1ccc(F)cc1. The van der Waals surface area contributed by atoms with E-state index in [1.165, 1.54) is 23.3 Å². The summed E-state index contributed by atoms with van der Waals surface area (Å²) in [6.45, 7) is 5.99. The van der Waals surface area contributed by atoms with E-state index in [0.717, 1.165) is 18.5 Å². The second-order valence-electron chi connectivity index (χ2n) is 6.99. The fourth-order valence-corrected chi connectivity index (χ4v) is 3.08. The lowest BCUT2D eigenvalue weighted by Gasteiger charge is -2.31. The molecule has 24 heavy (non-hydrogen) atoms. The molecule has 0 bridgehead atoms. The molecule has 0 saturated carbocycles. The molecule has 0 aliphatic carbocycles. The van der Waals surface area contributed by atoms with Crippen LogP contribution >= 0.6 is 0 Å². The first-order chi connectivity index (χ1) is 11.5. The highest BCUT2D eigenvalue weighted by Crippen LogP contribution is 2.23. The molecule has 3 rings (SSSR count). The molecule has 0 radical (unpaired) electrons. The van der Waals surface area contributed by atoms with Gasteiger partial charge in [-0.3, -0.25) is 0 Å². The number of rotatable bonds is 3. The minimum absolute atomic E-state index is 0.0420. The smallest absolute Gasteiger partial charge is 0.317 e. The van der Waals surface area contributed by atoms with Crippen LogP contribution in [0.2, 0.25) is 0 Å². The van der Waals surface area contributed by atoms with Crippen molar-refractivity contribution in [2.45, 2.75) is 32.2 Å². The number of benzene rings is 2. The Balaban J connectivity index is 1.60. The van der Waals surface area contributed by atoms with Crippen LogP contribution < -0.4 is 5.32 Å². The topological polar surface area (TPSA) is 32.3 Å². The van der Waals surface area contributed by atoms with Crippen molar-refractivity contribution in [2.75, 3.05) is 13.1 Å². The summed E-state index contributed by atoms with van der Waals surface area (Å²) in [5, 5.41) is 3.03. The van der Waals surface area contributed by atoms with E-state index < -0.39 is 0 Å². The molecule has 0 unspecified atom stereocenters. The molecule has 3 nitrogen and oxygen atoms in total. The first-order valence-corrected chi connectivity index (χ1v) is 8.31. The second-order valence-corrected chi connectivity index (χ2v) is 6.99. The summed E-state index contributed by atoms with van der Waals surface area (Å²) in [6.07, 6.45) is 0.894. The van der Waals surface area contributed by atoms with Gasteiger partial charge in [0.2, 0.25) is 0 Å². The summed E-state index contributed by atoms with van der Waals surface area (Å²) >= 11 is 0. The Labute approximate surface area is 142 Å². The fraction of sp³-hybridized carbons (Fsp3) is 0.350. The van der Waals surface area contributed by atoms with Gasteiger partial charge in [-0.1, -0.05) is 50.2 Å². The fourth-order valence-electron chi connectivity index (χ4n) is 3.08. The average molecular weight is 326 g/mol.